The van der Waals surface area contributed by atoms with Gasteiger partial charge in [-0.1, -0.05) is 30.3 Å². The summed E-state index contributed by atoms with van der Waals surface area (Å²) in [6.45, 7) is 7.51. The van der Waals surface area contributed by atoms with Gasteiger partial charge in [-0.25, -0.2) is 0 Å². The van der Waals surface area contributed by atoms with Gasteiger partial charge < -0.3 is 9.64 Å². The molecule has 0 fully saturated rings. The minimum atomic E-state index is 0.101. The lowest BCUT2D eigenvalue weighted by atomic mass is 9.97. The van der Waals surface area contributed by atoms with Crippen molar-refractivity contribution < 1.29 is 9.53 Å². The van der Waals surface area contributed by atoms with Gasteiger partial charge in [-0.05, 0) is 50.5 Å². The summed E-state index contributed by atoms with van der Waals surface area (Å²) in [5, 5.41) is 0. The molecule has 2 aromatic carbocycles. The number of carbonyl (C=O) groups excluding carboxylic acids is 1. The second-order valence-corrected chi connectivity index (χ2v) is 6.35. The molecule has 0 unspecified atom stereocenters. The fourth-order valence-electron chi connectivity index (χ4n) is 3.05. The average molecular weight is 309 g/mol. The van der Waals surface area contributed by atoms with Crippen LogP contribution in [0.1, 0.15) is 40.9 Å². The van der Waals surface area contributed by atoms with Crippen LogP contribution in [0.15, 0.2) is 42.5 Å². The van der Waals surface area contributed by atoms with Crippen LogP contribution >= 0.6 is 0 Å². The molecule has 1 heterocycles. The SMILES string of the molecule is Cc1ccccc1CN1CCc2c(OC(C)C)cccc2C1=O. The Kier molecular flexibility index (Phi) is 4.37. The molecule has 0 atom stereocenters. The number of amides is 1. The number of carbonyl (C=O) groups is 1. The first-order valence-corrected chi connectivity index (χ1v) is 8.18. The van der Waals surface area contributed by atoms with Crippen LogP contribution in [0.2, 0.25) is 0 Å². The molecule has 1 amide bonds. The molecule has 0 aromatic heterocycles. The molecule has 3 heteroatoms. The van der Waals surface area contributed by atoms with Crippen LogP contribution in [0.4, 0.5) is 0 Å². The quantitative estimate of drug-likeness (QED) is 0.855. The van der Waals surface area contributed by atoms with Gasteiger partial charge in [-0.15, -0.1) is 0 Å². The molecule has 1 aliphatic rings. The van der Waals surface area contributed by atoms with E-state index in [9.17, 15) is 4.79 Å². The van der Waals surface area contributed by atoms with Crippen LogP contribution in [0.5, 0.6) is 5.75 Å². The predicted octanol–water partition coefficient (Wildman–Crippen LogP) is 3.98. The van der Waals surface area contributed by atoms with E-state index in [0.29, 0.717) is 6.54 Å². The standard InChI is InChI=1S/C20H23NO2/c1-14(2)23-19-10-6-9-18-17(19)11-12-21(20(18)22)13-16-8-5-4-7-15(16)3/h4-10,14H,11-13H2,1-3H3. The summed E-state index contributed by atoms with van der Waals surface area (Å²) in [4.78, 5) is 14.8. The lowest BCUT2D eigenvalue weighted by molar-refractivity contribution is 0.0724. The Morgan fingerprint density at radius 2 is 1.91 bits per heavy atom. The third-order valence-electron chi connectivity index (χ3n) is 4.27. The molecule has 23 heavy (non-hydrogen) atoms. The van der Waals surface area contributed by atoms with Crippen molar-refractivity contribution in [2.75, 3.05) is 6.54 Å². The van der Waals surface area contributed by atoms with E-state index in [0.717, 1.165) is 29.8 Å². The van der Waals surface area contributed by atoms with E-state index in [1.54, 1.807) is 0 Å². The van der Waals surface area contributed by atoms with Crippen molar-refractivity contribution >= 4 is 5.91 Å². The summed E-state index contributed by atoms with van der Waals surface area (Å²) in [5.74, 6) is 0.949. The van der Waals surface area contributed by atoms with Gasteiger partial charge in [0.1, 0.15) is 5.75 Å². The van der Waals surface area contributed by atoms with Crippen LogP contribution in [0.25, 0.3) is 0 Å². The van der Waals surface area contributed by atoms with Gasteiger partial charge in [0, 0.05) is 24.2 Å². The van der Waals surface area contributed by atoms with Crippen LogP contribution in [-0.2, 0) is 13.0 Å². The molecule has 0 saturated heterocycles. The molecule has 3 rings (SSSR count). The van der Waals surface area contributed by atoms with E-state index in [1.807, 2.05) is 49.1 Å². The molecule has 0 aliphatic carbocycles. The number of nitrogens with zero attached hydrogens (tertiary/aromatic N) is 1. The molecule has 120 valence electrons. The zero-order valence-corrected chi connectivity index (χ0v) is 14.0. The first-order chi connectivity index (χ1) is 11.1. The summed E-state index contributed by atoms with van der Waals surface area (Å²) in [5.41, 5.74) is 4.26. The van der Waals surface area contributed by atoms with E-state index in [1.165, 1.54) is 11.1 Å². The topological polar surface area (TPSA) is 29.5 Å². The second-order valence-electron chi connectivity index (χ2n) is 6.35. The van der Waals surface area contributed by atoms with Gasteiger partial charge in [-0.2, -0.15) is 0 Å². The van der Waals surface area contributed by atoms with Gasteiger partial charge in [0.2, 0.25) is 0 Å². The highest BCUT2D eigenvalue weighted by Crippen LogP contribution is 2.29. The largest absolute Gasteiger partial charge is 0.491 e. The summed E-state index contributed by atoms with van der Waals surface area (Å²) < 4.78 is 5.86. The highest BCUT2D eigenvalue weighted by molar-refractivity contribution is 5.97. The fourth-order valence-corrected chi connectivity index (χ4v) is 3.05. The molecule has 0 radical (unpaired) electrons. The van der Waals surface area contributed by atoms with Crippen LogP contribution in [0, 0.1) is 6.92 Å². The molecular weight excluding hydrogens is 286 g/mol. The van der Waals surface area contributed by atoms with Crippen molar-refractivity contribution in [2.45, 2.75) is 39.8 Å². The lowest BCUT2D eigenvalue weighted by Crippen LogP contribution is -2.37. The molecule has 0 spiro atoms. The lowest BCUT2D eigenvalue weighted by Gasteiger charge is -2.30. The highest BCUT2D eigenvalue weighted by atomic mass is 16.5. The van der Waals surface area contributed by atoms with Crippen LogP contribution in [0.3, 0.4) is 0 Å². The molecule has 0 N–H and O–H groups in total. The van der Waals surface area contributed by atoms with Crippen molar-refractivity contribution in [2.24, 2.45) is 0 Å². The van der Waals surface area contributed by atoms with E-state index < -0.39 is 0 Å². The number of fused-ring (bicyclic) bond motifs is 1. The first-order valence-electron chi connectivity index (χ1n) is 8.18. The van der Waals surface area contributed by atoms with Crippen molar-refractivity contribution in [3.05, 3.63) is 64.7 Å². The minimum absolute atomic E-state index is 0.101. The molecule has 1 aliphatic heterocycles. The molecule has 0 saturated carbocycles. The highest BCUT2D eigenvalue weighted by Gasteiger charge is 2.27. The van der Waals surface area contributed by atoms with E-state index in [-0.39, 0.29) is 12.0 Å². The van der Waals surface area contributed by atoms with Gasteiger partial charge in [-0.3, -0.25) is 4.79 Å². The Morgan fingerprint density at radius 3 is 2.65 bits per heavy atom. The van der Waals surface area contributed by atoms with E-state index >= 15 is 0 Å². The van der Waals surface area contributed by atoms with Gasteiger partial charge >= 0.3 is 0 Å². The maximum atomic E-state index is 12.8. The summed E-state index contributed by atoms with van der Waals surface area (Å²) >= 11 is 0. The summed E-state index contributed by atoms with van der Waals surface area (Å²) in [6.07, 6.45) is 0.956. The number of rotatable bonds is 4. The Morgan fingerprint density at radius 1 is 1.13 bits per heavy atom. The van der Waals surface area contributed by atoms with Gasteiger partial charge in [0.25, 0.3) is 5.91 Å². The second kappa shape index (κ2) is 6.45. The first kappa shape index (κ1) is 15.6. The molecule has 0 bridgehead atoms. The zero-order valence-electron chi connectivity index (χ0n) is 14.0. The number of benzene rings is 2. The Balaban J connectivity index is 1.85. The number of hydrogen-bond acceptors (Lipinski definition) is 2. The third kappa shape index (κ3) is 3.24. The predicted molar refractivity (Wildman–Crippen MR) is 91.8 cm³/mol. The Bertz CT molecular complexity index is 721. The van der Waals surface area contributed by atoms with Crippen molar-refractivity contribution in [3.63, 3.8) is 0 Å². The Hall–Kier alpha value is -2.29. The average Bonchev–Trinajstić information content (AvgIpc) is 2.52. The smallest absolute Gasteiger partial charge is 0.254 e. The van der Waals surface area contributed by atoms with Crippen molar-refractivity contribution in [1.29, 1.82) is 0 Å². The number of ether oxygens (including phenoxy) is 1. The number of aryl methyl sites for hydroxylation is 1. The van der Waals surface area contributed by atoms with Crippen LogP contribution < -0.4 is 4.74 Å². The van der Waals surface area contributed by atoms with Gasteiger partial charge in [0.05, 0.1) is 6.10 Å². The molecular formula is C20H23NO2. The zero-order chi connectivity index (χ0) is 16.4. The van der Waals surface area contributed by atoms with Crippen molar-refractivity contribution in [3.8, 4) is 5.75 Å². The van der Waals surface area contributed by atoms with Crippen molar-refractivity contribution in [1.82, 2.24) is 4.90 Å². The third-order valence-corrected chi connectivity index (χ3v) is 4.27. The van der Waals surface area contributed by atoms with E-state index in [2.05, 4.69) is 19.1 Å². The summed E-state index contributed by atoms with van der Waals surface area (Å²) in [6, 6.07) is 14.0. The number of hydrogen-bond donors (Lipinski definition) is 0. The normalized spacial score (nSPS) is 14.1. The maximum absolute atomic E-state index is 12.8. The Labute approximate surface area is 137 Å². The monoisotopic (exact) mass is 309 g/mol. The van der Waals surface area contributed by atoms with Gasteiger partial charge in [0.15, 0.2) is 0 Å². The molecule has 3 nitrogen and oxygen atoms in total. The van der Waals surface area contributed by atoms with Crippen LogP contribution in [-0.4, -0.2) is 23.5 Å². The molecule has 2 aromatic rings. The van der Waals surface area contributed by atoms with E-state index in [4.69, 9.17) is 4.74 Å². The fraction of sp³-hybridized carbons (Fsp3) is 0.350. The summed E-state index contributed by atoms with van der Waals surface area (Å²) in [7, 11) is 0. The maximum Gasteiger partial charge on any atom is 0.254 e. The minimum Gasteiger partial charge on any atom is -0.491 e.